The third-order valence-corrected chi connectivity index (χ3v) is 2.93. The number of carbonyl (C=O) groups is 1. The van der Waals surface area contributed by atoms with E-state index in [2.05, 4.69) is 10.3 Å². The lowest BCUT2D eigenvalue weighted by molar-refractivity contribution is -0.123. The summed E-state index contributed by atoms with van der Waals surface area (Å²) < 4.78 is 1.69. The molecule has 1 aromatic carbocycles. The average molecular weight is 253 g/mol. The van der Waals surface area contributed by atoms with Gasteiger partial charge in [0.05, 0.1) is 11.0 Å². The van der Waals surface area contributed by atoms with Crippen molar-refractivity contribution in [2.75, 3.05) is 12.8 Å². The fourth-order valence-corrected chi connectivity index (χ4v) is 1.99. The molecule has 1 unspecified atom stereocenters. The maximum absolute atomic E-state index is 11.6. The first-order chi connectivity index (χ1) is 8.04. The van der Waals surface area contributed by atoms with Gasteiger partial charge in [0.2, 0.25) is 11.9 Å². The normalized spacial score (nSPS) is 12.6. The second-order valence-electron chi connectivity index (χ2n) is 3.76. The minimum Gasteiger partial charge on any atom is -0.369 e. The summed E-state index contributed by atoms with van der Waals surface area (Å²) in [7, 11) is 1.59. The van der Waals surface area contributed by atoms with Gasteiger partial charge in [0.15, 0.2) is 0 Å². The van der Waals surface area contributed by atoms with Crippen LogP contribution in [0.2, 0.25) is 5.02 Å². The van der Waals surface area contributed by atoms with E-state index in [1.54, 1.807) is 36.7 Å². The molecule has 2 rings (SSSR count). The number of amides is 1. The van der Waals surface area contributed by atoms with Crippen LogP contribution in [0.3, 0.4) is 0 Å². The highest BCUT2D eigenvalue weighted by Crippen LogP contribution is 2.25. The molecule has 0 aliphatic rings. The number of nitrogens with zero attached hydrogens (tertiary/aromatic N) is 2. The first-order valence-corrected chi connectivity index (χ1v) is 5.57. The van der Waals surface area contributed by atoms with E-state index in [1.807, 2.05) is 0 Å². The lowest BCUT2D eigenvalue weighted by Gasteiger charge is -2.14. The minimum absolute atomic E-state index is 0.119. The number of imidazole rings is 1. The molecule has 5 nitrogen and oxygen atoms in total. The molecule has 1 atom stereocenters. The number of anilines is 1. The molecule has 1 heterocycles. The van der Waals surface area contributed by atoms with E-state index in [9.17, 15) is 4.79 Å². The van der Waals surface area contributed by atoms with Crippen LogP contribution in [0.5, 0.6) is 0 Å². The number of likely N-dealkylation sites (N-methyl/N-ethyl adjacent to an activating group) is 1. The molecule has 3 N–H and O–H groups in total. The van der Waals surface area contributed by atoms with Gasteiger partial charge in [-0.1, -0.05) is 11.6 Å². The quantitative estimate of drug-likeness (QED) is 0.852. The molecule has 0 radical (unpaired) electrons. The molecule has 90 valence electrons. The van der Waals surface area contributed by atoms with Crippen LogP contribution in [0, 0.1) is 0 Å². The number of nitrogens with one attached hydrogen (secondary N) is 1. The summed E-state index contributed by atoms with van der Waals surface area (Å²) in [5.41, 5.74) is 7.31. The number of halogens is 1. The molecule has 0 aliphatic carbocycles. The van der Waals surface area contributed by atoms with Crippen molar-refractivity contribution in [2.24, 2.45) is 0 Å². The molecule has 2 aromatic rings. The Labute approximate surface area is 104 Å². The van der Waals surface area contributed by atoms with Gasteiger partial charge >= 0.3 is 0 Å². The fraction of sp³-hybridized carbons (Fsp3) is 0.273. The maximum atomic E-state index is 11.6. The summed E-state index contributed by atoms with van der Waals surface area (Å²) in [5.74, 6) is 0.185. The van der Waals surface area contributed by atoms with Crippen molar-refractivity contribution in [3.63, 3.8) is 0 Å². The van der Waals surface area contributed by atoms with Crippen molar-refractivity contribution in [3.8, 4) is 0 Å². The summed E-state index contributed by atoms with van der Waals surface area (Å²) in [6, 6.07) is 4.87. The van der Waals surface area contributed by atoms with Gasteiger partial charge in [-0.15, -0.1) is 0 Å². The average Bonchev–Trinajstić information content (AvgIpc) is 2.62. The summed E-state index contributed by atoms with van der Waals surface area (Å²) in [5, 5.41) is 3.18. The van der Waals surface area contributed by atoms with Crippen molar-refractivity contribution < 1.29 is 4.79 Å². The predicted molar refractivity (Wildman–Crippen MR) is 67.9 cm³/mol. The van der Waals surface area contributed by atoms with E-state index in [0.29, 0.717) is 16.5 Å². The van der Waals surface area contributed by atoms with Crippen LogP contribution in [0.4, 0.5) is 5.95 Å². The number of nitrogen functional groups attached to an aromatic ring is 1. The number of nitrogens with two attached hydrogens (primary N) is 1. The third-order valence-electron chi connectivity index (χ3n) is 2.69. The van der Waals surface area contributed by atoms with Gasteiger partial charge in [-0.25, -0.2) is 4.98 Å². The lowest BCUT2D eigenvalue weighted by atomic mass is 10.2. The highest BCUT2D eigenvalue weighted by atomic mass is 35.5. The van der Waals surface area contributed by atoms with E-state index in [4.69, 9.17) is 17.3 Å². The standard InChI is InChI=1S/C11H13ClN4O/c1-6(10(17)14-2)16-9-4-3-7(12)5-8(9)15-11(16)13/h3-6H,1-2H3,(H2,13,15)(H,14,17). The van der Waals surface area contributed by atoms with Gasteiger partial charge in [0, 0.05) is 12.1 Å². The topological polar surface area (TPSA) is 72.9 Å². The monoisotopic (exact) mass is 252 g/mol. The van der Waals surface area contributed by atoms with E-state index < -0.39 is 6.04 Å². The summed E-state index contributed by atoms with van der Waals surface area (Å²) in [4.78, 5) is 15.8. The zero-order chi connectivity index (χ0) is 12.6. The van der Waals surface area contributed by atoms with Crippen LogP contribution in [0.25, 0.3) is 11.0 Å². The van der Waals surface area contributed by atoms with Gasteiger partial charge in [-0.05, 0) is 25.1 Å². The Kier molecular flexibility index (Phi) is 2.93. The number of hydrogen-bond acceptors (Lipinski definition) is 3. The largest absolute Gasteiger partial charge is 0.369 e. The van der Waals surface area contributed by atoms with Gasteiger partial charge in [0.25, 0.3) is 0 Å². The van der Waals surface area contributed by atoms with Crippen molar-refractivity contribution >= 4 is 34.5 Å². The van der Waals surface area contributed by atoms with Crippen LogP contribution >= 0.6 is 11.6 Å². The molecule has 0 fully saturated rings. The number of fused-ring (bicyclic) bond motifs is 1. The van der Waals surface area contributed by atoms with Crippen LogP contribution in [-0.4, -0.2) is 22.5 Å². The van der Waals surface area contributed by atoms with E-state index in [0.717, 1.165) is 5.52 Å². The van der Waals surface area contributed by atoms with Gasteiger partial charge < -0.3 is 11.1 Å². The summed E-state index contributed by atoms with van der Waals surface area (Å²) >= 11 is 5.88. The summed E-state index contributed by atoms with van der Waals surface area (Å²) in [6.45, 7) is 1.77. The lowest BCUT2D eigenvalue weighted by Crippen LogP contribution is -2.28. The molecule has 6 heteroatoms. The number of aromatic nitrogens is 2. The van der Waals surface area contributed by atoms with Gasteiger partial charge in [-0.3, -0.25) is 9.36 Å². The van der Waals surface area contributed by atoms with E-state index >= 15 is 0 Å². The van der Waals surface area contributed by atoms with Gasteiger partial charge in [0.1, 0.15) is 6.04 Å². The Morgan fingerprint density at radius 2 is 2.29 bits per heavy atom. The number of rotatable bonds is 2. The SMILES string of the molecule is CNC(=O)C(C)n1c(N)nc2cc(Cl)ccc21. The Morgan fingerprint density at radius 3 is 2.94 bits per heavy atom. The van der Waals surface area contributed by atoms with Crippen LogP contribution < -0.4 is 11.1 Å². The third kappa shape index (κ3) is 1.93. The van der Waals surface area contributed by atoms with Crippen molar-refractivity contribution in [3.05, 3.63) is 23.2 Å². The first kappa shape index (κ1) is 11.7. The maximum Gasteiger partial charge on any atom is 0.242 e. The predicted octanol–water partition coefficient (Wildman–Crippen LogP) is 1.58. The van der Waals surface area contributed by atoms with Crippen molar-refractivity contribution in [2.45, 2.75) is 13.0 Å². The Bertz CT molecular complexity index is 578. The molecular formula is C11H13ClN4O. The number of carbonyl (C=O) groups excluding carboxylic acids is 1. The zero-order valence-corrected chi connectivity index (χ0v) is 10.3. The Morgan fingerprint density at radius 1 is 1.59 bits per heavy atom. The molecule has 0 aliphatic heterocycles. The first-order valence-electron chi connectivity index (χ1n) is 5.19. The minimum atomic E-state index is -0.411. The Hall–Kier alpha value is -1.75. The molecule has 1 aromatic heterocycles. The smallest absolute Gasteiger partial charge is 0.242 e. The fourth-order valence-electron chi connectivity index (χ4n) is 1.82. The van der Waals surface area contributed by atoms with Crippen LogP contribution in [0.15, 0.2) is 18.2 Å². The summed E-state index contributed by atoms with van der Waals surface area (Å²) in [6.07, 6.45) is 0. The molecule has 0 saturated carbocycles. The highest BCUT2D eigenvalue weighted by molar-refractivity contribution is 6.31. The number of benzene rings is 1. The molecule has 0 spiro atoms. The molecule has 0 bridgehead atoms. The number of hydrogen-bond donors (Lipinski definition) is 2. The van der Waals surface area contributed by atoms with Gasteiger partial charge in [-0.2, -0.15) is 0 Å². The highest BCUT2D eigenvalue weighted by Gasteiger charge is 2.19. The van der Waals surface area contributed by atoms with Crippen LogP contribution in [-0.2, 0) is 4.79 Å². The molecular weight excluding hydrogens is 240 g/mol. The van der Waals surface area contributed by atoms with E-state index in [1.165, 1.54) is 0 Å². The second kappa shape index (κ2) is 4.25. The van der Waals surface area contributed by atoms with Crippen molar-refractivity contribution in [1.82, 2.24) is 14.9 Å². The van der Waals surface area contributed by atoms with Crippen LogP contribution in [0.1, 0.15) is 13.0 Å². The zero-order valence-electron chi connectivity index (χ0n) is 9.57. The Balaban J connectivity index is 2.61. The molecule has 0 saturated heterocycles. The molecule has 17 heavy (non-hydrogen) atoms. The second-order valence-corrected chi connectivity index (χ2v) is 4.20. The molecule has 1 amide bonds. The van der Waals surface area contributed by atoms with Crippen molar-refractivity contribution in [1.29, 1.82) is 0 Å². The van der Waals surface area contributed by atoms with E-state index in [-0.39, 0.29) is 5.91 Å².